The van der Waals surface area contributed by atoms with Crippen LogP contribution in [0.1, 0.15) is 0 Å². The second kappa shape index (κ2) is 3.91. The summed E-state index contributed by atoms with van der Waals surface area (Å²) in [5.41, 5.74) is 0.0283. The molecule has 0 aliphatic rings. The van der Waals surface area contributed by atoms with Crippen molar-refractivity contribution in [2.24, 2.45) is 0 Å². The lowest BCUT2D eigenvalue weighted by Crippen LogP contribution is -1.81. The van der Waals surface area contributed by atoms with E-state index in [1.807, 2.05) is 0 Å². The van der Waals surface area contributed by atoms with Crippen molar-refractivity contribution in [1.82, 2.24) is 0 Å². The van der Waals surface area contributed by atoms with Crippen molar-refractivity contribution in [3.8, 4) is 6.07 Å². The molecule has 0 bridgehead atoms. The third-order valence-electron chi connectivity index (χ3n) is 0.737. The number of nitriles is 1. The zero-order valence-electron chi connectivity index (χ0n) is 5.26. The largest absolute Gasteiger partial charge is 0.507 e. The maximum absolute atomic E-state index is 8.94. The topological polar surface area (TPSA) is 44.0 Å². The van der Waals surface area contributed by atoms with Gasteiger partial charge in [-0.3, -0.25) is 0 Å². The van der Waals surface area contributed by atoms with E-state index in [0.717, 1.165) is 0 Å². The van der Waals surface area contributed by atoms with E-state index in [9.17, 15) is 0 Å². The summed E-state index contributed by atoms with van der Waals surface area (Å²) >= 11 is 2.99. The van der Waals surface area contributed by atoms with Crippen LogP contribution >= 0.6 is 15.9 Å². The van der Waals surface area contributed by atoms with Crippen LogP contribution in [0.2, 0.25) is 0 Å². The van der Waals surface area contributed by atoms with E-state index in [1.54, 1.807) is 6.07 Å². The highest BCUT2D eigenvalue weighted by atomic mass is 79.9. The summed E-state index contributed by atoms with van der Waals surface area (Å²) in [6, 6.07) is 1.70. The number of nitrogens with zero attached hydrogens (tertiary/aromatic N) is 1. The first-order chi connectivity index (χ1) is 4.57. The Bertz CT molecular complexity index is 234. The van der Waals surface area contributed by atoms with Gasteiger partial charge in [-0.15, -0.1) is 0 Å². The first-order valence-electron chi connectivity index (χ1n) is 2.42. The molecule has 2 nitrogen and oxygen atoms in total. The molecule has 0 fully saturated rings. The molecule has 0 aromatic rings. The summed E-state index contributed by atoms with van der Waals surface area (Å²) in [5, 5.41) is 17.2. The number of aliphatic hydroxyl groups is 1. The first-order valence-corrected chi connectivity index (χ1v) is 3.21. The Balaban J connectivity index is 4.38. The minimum atomic E-state index is -0.163. The maximum atomic E-state index is 8.94. The molecule has 0 radical (unpaired) electrons. The fraction of sp³-hybridized carbons (Fsp3) is 0. The highest BCUT2D eigenvalue weighted by Gasteiger charge is 1.96. The highest BCUT2D eigenvalue weighted by Crippen LogP contribution is 2.09. The minimum absolute atomic E-state index is 0.0283. The number of hydrogen-bond donors (Lipinski definition) is 1. The molecule has 10 heavy (non-hydrogen) atoms. The standard InChI is InChI=1S/C7H6BrNO/c1-5(4-9)7(10)3-6(2)8/h3,10H,1-2H2/b7-3+. The van der Waals surface area contributed by atoms with Crippen LogP contribution in [0.3, 0.4) is 0 Å². The van der Waals surface area contributed by atoms with Crippen molar-refractivity contribution < 1.29 is 5.11 Å². The number of allylic oxidation sites excluding steroid dienone is 3. The third kappa shape index (κ3) is 3.10. The van der Waals surface area contributed by atoms with Crippen LogP contribution in [0.25, 0.3) is 0 Å². The van der Waals surface area contributed by atoms with Crippen LogP contribution in [0.15, 0.2) is 35.0 Å². The smallest absolute Gasteiger partial charge is 0.133 e. The molecule has 0 atom stereocenters. The number of rotatable bonds is 2. The summed E-state index contributed by atoms with van der Waals surface area (Å²) in [6.45, 7) is 6.73. The molecule has 52 valence electrons. The minimum Gasteiger partial charge on any atom is -0.507 e. The maximum Gasteiger partial charge on any atom is 0.133 e. The zero-order chi connectivity index (χ0) is 8.15. The monoisotopic (exact) mass is 199 g/mol. The van der Waals surface area contributed by atoms with Gasteiger partial charge in [0.05, 0.1) is 5.57 Å². The Kier molecular flexibility index (Phi) is 3.52. The average molecular weight is 200 g/mol. The van der Waals surface area contributed by atoms with E-state index in [1.165, 1.54) is 6.08 Å². The van der Waals surface area contributed by atoms with Crippen LogP contribution in [-0.2, 0) is 0 Å². The van der Waals surface area contributed by atoms with Gasteiger partial charge in [0, 0.05) is 4.48 Å². The van der Waals surface area contributed by atoms with Gasteiger partial charge in [-0.25, -0.2) is 0 Å². The molecule has 0 saturated heterocycles. The highest BCUT2D eigenvalue weighted by molar-refractivity contribution is 9.11. The molecule has 0 saturated carbocycles. The molecule has 0 spiro atoms. The molecular weight excluding hydrogens is 194 g/mol. The fourth-order valence-electron chi connectivity index (χ4n) is 0.293. The Hall–Kier alpha value is -1.01. The molecule has 1 N–H and O–H groups in total. The summed E-state index contributed by atoms with van der Waals surface area (Å²) in [6.07, 6.45) is 1.31. The van der Waals surface area contributed by atoms with Gasteiger partial charge < -0.3 is 5.11 Å². The van der Waals surface area contributed by atoms with E-state index < -0.39 is 0 Å². The van der Waals surface area contributed by atoms with Gasteiger partial charge in [0.1, 0.15) is 11.8 Å². The average Bonchev–Trinajstić information content (AvgIpc) is 1.85. The zero-order valence-corrected chi connectivity index (χ0v) is 6.85. The molecule has 0 aliphatic carbocycles. The van der Waals surface area contributed by atoms with Crippen molar-refractivity contribution >= 4 is 15.9 Å². The molecule has 0 unspecified atom stereocenters. The predicted octanol–water partition coefficient (Wildman–Crippen LogP) is 2.42. The van der Waals surface area contributed by atoms with Gasteiger partial charge >= 0.3 is 0 Å². The SMILES string of the molecule is C=C(Br)/C=C(/O)C(=C)C#N. The van der Waals surface area contributed by atoms with Crippen molar-refractivity contribution in [2.45, 2.75) is 0 Å². The van der Waals surface area contributed by atoms with Crippen LogP contribution in [-0.4, -0.2) is 5.11 Å². The Morgan fingerprint density at radius 2 is 2.10 bits per heavy atom. The molecular formula is C7H6BrNO. The molecule has 0 rings (SSSR count). The number of halogens is 1. The third-order valence-corrected chi connectivity index (χ3v) is 0.966. The molecule has 3 heteroatoms. The van der Waals surface area contributed by atoms with Gasteiger partial charge in [0.25, 0.3) is 0 Å². The van der Waals surface area contributed by atoms with Gasteiger partial charge in [0.2, 0.25) is 0 Å². The van der Waals surface area contributed by atoms with Crippen LogP contribution < -0.4 is 0 Å². The van der Waals surface area contributed by atoms with Gasteiger partial charge in [-0.2, -0.15) is 5.26 Å². The molecule has 0 aromatic heterocycles. The normalized spacial score (nSPS) is 10.2. The van der Waals surface area contributed by atoms with Crippen LogP contribution in [0, 0.1) is 11.3 Å². The second-order valence-corrected chi connectivity index (χ2v) is 2.59. The summed E-state index contributed by atoms with van der Waals surface area (Å²) < 4.78 is 0.501. The van der Waals surface area contributed by atoms with Gasteiger partial charge in [-0.05, 0) is 6.08 Å². The Labute approximate surface area is 67.9 Å². The van der Waals surface area contributed by atoms with E-state index >= 15 is 0 Å². The second-order valence-electron chi connectivity index (χ2n) is 1.57. The van der Waals surface area contributed by atoms with Crippen molar-refractivity contribution in [1.29, 1.82) is 5.26 Å². The van der Waals surface area contributed by atoms with Crippen LogP contribution in [0.4, 0.5) is 0 Å². The summed E-state index contributed by atoms with van der Waals surface area (Å²) in [7, 11) is 0. The van der Waals surface area contributed by atoms with Gasteiger partial charge in [-0.1, -0.05) is 29.1 Å². The lowest BCUT2D eigenvalue weighted by atomic mass is 10.2. The van der Waals surface area contributed by atoms with E-state index in [2.05, 4.69) is 29.1 Å². The predicted molar refractivity (Wildman–Crippen MR) is 43.5 cm³/mol. The lowest BCUT2D eigenvalue weighted by molar-refractivity contribution is 0.427. The quantitative estimate of drug-likeness (QED) is 0.422. The van der Waals surface area contributed by atoms with Crippen molar-refractivity contribution in [3.05, 3.63) is 35.0 Å². The molecule has 0 amide bonds. The molecule has 0 aliphatic heterocycles. The van der Waals surface area contributed by atoms with Crippen LogP contribution in [0.5, 0.6) is 0 Å². The first kappa shape index (κ1) is 8.99. The van der Waals surface area contributed by atoms with Gasteiger partial charge in [0.15, 0.2) is 0 Å². The van der Waals surface area contributed by atoms with Crippen molar-refractivity contribution in [3.63, 3.8) is 0 Å². The number of hydrogen-bond acceptors (Lipinski definition) is 2. The lowest BCUT2D eigenvalue weighted by Gasteiger charge is -1.91. The summed E-state index contributed by atoms with van der Waals surface area (Å²) in [4.78, 5) is 0. The number of aliphatic hydroxyl groups excluding tert-OH is 1. The van der Waals surface area contributed by atoms with Crippen molar-refractivity contribution in [2.75, 3.05) is 0 Å². The Morgan fingerprint density at radius 1 is 1.60 bits per heavy atom. The van der Waals surface area contributed by atoms with E-state index in [0.29, 0.717) is 4.48 Å². The fourth-order valence-corrected chi connectivity index (χ4v) is 0.510. The Morgan fingerprint density at radius 3 is 2.40 bits per heavy atom. The molecule has 0 aromatic carbocycles. The van der Waals surface area contributed by atoms with E-state index in [4.69, 9.17) is 10.4 Å². The summed E-state index contributed by atoms with van der Waals surface area (Å²) in [5.74, 6) is -0.163. The molecule has 0 heterocycles. The van der Waals surface area contributed by atoms with E-state index in [-0.39, 0.29) is 11.3 Å².